The number of urea groups is 1. The predicted molar refractivity (Wildman–Crippen MR) is 103 cm³/mol. The topological polar surface area (TPSA) is 65.1 Å². The van der Waals surface area contributed by atoms with Crippen LogP contribution in [0.3, 0.4) is 0 Å². The summed E-state index contributed by atoms with van der Waals surface area (Å²) in [5.41, 5.74) is 1.20. The summed E-state index contributed by atoms with van der Waals surface area (Å²) in [6, 6.07) is 10.5. The summed E-state index contributed by atoms with van der Waals surface area (Å²) >= 11 is 0. The molecule has 3 aliphatic heterocycles. The molecule has 3 heterocycles. The third-order valence-electron chi connectivity index (χ3n) is 5.72. The summed E-state index contributed by atoms with van der Waals surface area (Å²) in [7, 11) is 0. The Morgan fingerprint density at radius 2 is 1.70 bits per heavy atom. The molecule has 3 amide bonds. The zero-order valence-corrected chi connectivity index (χ0v) is 15.7. The van der Waals surface area contributed by atoms with E-state index in [2.05, 4.69) is 22.3 Å². The number of piperazine rings is 1. The van der Waals surface area contributed by atoms with Gasteiger partial charge in [0.2, 0.25) is 0 Å². The first-order valence-corrected chi connectivity index (χ1v) is 9.96. The van der Waals surface area contributed by atoms with E-state index in [1.54, 1.807) is 0 Å². The fourth-order valence-corrected chi connectivity index (χ4v) is 4.12. The SMILES string of the molecule is O=C(NC1CCN(c2ccccc2)C1)N1CCN(C(=O)C2CCCO2)CC1. The van der Waals surface area contributed by atoms with Gasteiger partial charge in [0.05, 0.1) is 0 Å². The molecule has 0 spiro atoms. The van der Waals surface area contributed by atoms with Crippen molar-refractivity contribution in [2.24, 2.45) is 0 Å². The van der Waals surface area contributed by atoms with Crippen LogP contribution in [0, 0.1) is 0 Å². The van der Waals surface area contributed by atoms with Crippen molar-refractivity contribution in [3.8, 4) is 0 Å². The van der Waals surface area contributed by atoms with Gasteiger partial charge in [0.15, 0.2) is 0 Å². The molecule has 0 bridgehead atoms. The second kappa shape index (κ2) is 8.17. The first-order chi connectivity index (χ1) is 13.2. The van der Waals surface area contributed by atoms with Gasteiger partial charge < -0.3 is 24.8 Å². The summed E-state index contributed by atoms with van der Waals surface area (Å²) in [6.07, 6.45) is 2.46. The van der Waals surface area contributed by atoms with Crippen LogP contribution in [0.4, 0.5) is 10.5 Å². The molecular formula is C20H28N4O3. The van der Waals surface area contributed by atoms with Crippen LogP contribution in [-0.4, -0.2) is 79.8 Å². The zero-order chi connectivity index (χ0) is 18.6. The number of hydrogen-bond acceptors (Lipinski definition) is 4. The molecule has 4 rings (SSSR count). The lowest BCUT2D eigenvalue weighted by Gasteiger charge is -2.36. The molecule has 7 nitrogen and oxygen atoms in total. The van der Waals surface area contributed by atoms with Crippen LogP contribution < -0.4 is 10.2 Å². The van der Waals surface area contributed by atoms with Gasteiger partial charge in [-0.15, -0.1) is 0 Å². The van der Waals surface area contributed by atoms with E-state index in [1.165, 1.54) is 5.69 Å². The minimum absolute atomic E-state index is 0.0147. The van der Waals surface area contributed by atoms with Gasteiger partial charge in [-0.1, -0.05) is 18.2 Å². The molecule has 2 atom stereocenters. The van der Waals surface area contributed by atoms with Crippen LogP contribution in [0.25, 0.3) is 0 Å². The lowest BCUT2D eigenvalue weighted by Crippen LogP contribution is -2.56. The Balaban J connectivity index is 1.22. The summed E-state index contributed by atoms with van der Waals surface area (Å²) in [5, 5.41) is 3.16. The van der Waals surface area contributed by atoms with Crippen molar-refractivity contribution in [2.75, 3.05) is 50.8 Å². The Labute approximate surface area is 160 Å². The van der Waals surface area contributed by atoms with Gasteiger partial charge in [-0.3, -0.25) is 4.79 Å². The van der Waals surface area contributed by atoms with Gasteiger partial charge in [0.25, 0.3) is 5.91 Å². The molecule has 2 unspecified atom stereocenters. The van der Waals surface area contributed by atoms with Gasteiger partial charge in [-0.25, -0.2) is 4.79 Å². The van der Waals surface area contributed by atoms with E-state index in [0.29, 0.717) is 32.8 Å². The van der Waals surface area contributed by atoms with Crippen molar-refractivity contribution in [1.82, 2.24) is 15.1 Å². The van der Waals surface area contributed by atoms with E-state index in [9.17, 15) is 9.59 Å². The molecule has 27 heavy (non-hydrogen) atoms. The van der Waals surface area contributed by atoms with Gasteiger partial charge in [-0.2, -0.15) is 0 Å². The molecular weight excluding hydrogens is 344 g/mol. The third-order valence-corrected chi connectivity index (χ3v) is 5.72. The number of amides is 3. The molecule has 0 aliphatic carbocycles. The number of rotatable bonds is 3. The summed E-state index contributed by atoms with van der Waals surface area (Å²) in [6.45, 7) is 4.82. The molecule has 1 aromatic carbocycles. The number of nitrogens with zero attached hydrogens (tertiary/aromatic N) is 3. The second-order valence-electron chi connectivity index (χ2n) is 7.53. The molecule has 0 radical (unpaired) electrons. The lowest BCUT2D eigenvalue weighted by atomic mass is 10.2. The van der Waals surface area contributed by atoms with Gasteiger partial charge in [-0.05, 0) is 31.4 Å². The van der Waals surface area contributed by atoms with Crippen molar-refractivity contribution in [2.45, 2.75) is 31.4 Å². The molecule has 1 N–H and O–H groups in total. The Hall–Kier alpha value is -2.28. The molecule has 7 heteroatoms. The van der Waals surface area contributed by atoms with E-state index in [4.69, 9.17) is 4.74 Å². The highest BCUT2D eigenvalue weighted by Gasteiger charge is 2.32. The fourth-order valence-electron chi connectivity index (χ4n) is 4.12. The average molecular weight is 372 g/mol. The number of nitrogens with one attached hydrogen (secondary N) is 1. The molecule has 1 aromatic rings. The van der Waals surface area contributed by atoms with Crippen LogP contribution >= 0.6 is 0 Å². The Morgan fingerprint density at radius 1 is 0.963 bits per heavy atom. The van der Waals surface area contributed by atoms with E-state index in [-0.39, 0.29) is 24.1 Å². The van der Waals surface area contributed by atoms with Crippen molar-refractivity contribution in [3.05, 3.63) is 30.3 Å². The van der Waals surface area contributed by atoms with Crippen molar-refractivity contribution < 1.29 is 14.3 Å². The maximum atomic E-state index is 12.6. The Morgan fingerprint density at radius 3 is 2.41 bits per heavy atom. The fraction of sp³-hybridized carbons (Fsp3) is 0.600. The smallest absolute Gasteiger partial charge is 0.317 e. The lowest BCUT2D eigenvalue weighted by molar-refractivity contribution is -0.142. The van der Waals surface area contributed by atoms with Crippen LogP contribution in [0.15, 0.2) is 30.3 Å². The summed E-state index contributed by atoms with van der Waals surface area (Å²) < 4.78 is 5.49. The Bertz CT molecular complexity index is 654. The van der Waals surface area contributed by atoms with E-state index >= 15 is 0 Å². The van der Waals surface area contributed by atoms with E-state index in [1.807, 2.05) is 28.0 Å². The second-order valence-corrected chi connectivity index (χ2v) is 7.53. The minimum atomic E-state index is -0.271. The van der Waals surface area contributed by atoms with Crippen molar-refractivity contribution in [3.63, 3.8) is 0 Å². The first kappa shape index (κ1) is 18.1. The third kappa shape index (κ3) is 4.18. The highest BCUT2D eigenvalue weighted by molar-refractivity contribution is 5.82. The van der Waals surface area contributed by atoms with Crippen LogP contribution in [0.5, 0.6) is 0 Å². The van der Waals surface area contributed by atoms with Gasteiger partial charge >= 0.3 is 6.03 Å². The highest BCUT2D eigenvalue weighted by Crippen LogP contribution is 2.20. The highest BCUT2D eigenvalue weighted by atomic mass is 16.5. The number of carbonyl (C=O) groups excluding carboxylic acids is 2. The molecule has 0 aromatic heterocycles. The minimum Gasteiger partial charge on any atom is -0.369 e. The molecule has 3 saturated heterocycles. The van der Waals surface area contributed by atoms with Crippen molar-refractivity contribution >= 4 is 17.6 Å². The monoisotopic (exact) mass is 372 g/mol. The average Bonchev–Trinajstić information content (AvgIpc) is 3.40. The Kier molecular flexibility index (Phi) is 5.48. The molecule has 3 fully saturated rings. The number of ether oxygens (including phenoxy) is 1. The van der Waals surface area contributed by atoms with Crippen LogP contribution in [-0.2, 0) is 9.53 Å². The molecule has 146 valence electrons. The summed E-state index contributed by atoms with van der Waals surface area (Å²) in [5.74, 6) is 0.0850. The standard InChI is InChI=1S/C20H28N4O3/c25-19(18-7-4-14-27-18)22-10-12-23(13-11-22)20(26)21-16-8-9-24(15-16)17-5-2-1-3-6-17/h1-3,5-6,16,18H,4,7-15H2,(H,21,26). The quantitative estimate of drug-likeness (QED) is 0.869. The first-order valence-electron chi connectivity index (χ1n) is 9.96. The van der Waals surface area contributed by atoms with Crippen molar-refractivity contribution in [1.29, 1.82) is 0 Å². The maximum Gasteiger partial charge on any atom is 0.317 e. The molecule has 3 aliphatic rings. The molecule has 0 saturated carbocycles. The zero-order valence-electron chi connectivity index (χ0n) is 15.7. The van der Waals surface area contributed by atoms with E-state index in [0.717, 1.165) is 32.4 Å². The summed E-state index contributed by atoms with van der Waals surface area (Å²) in [4.78, 5) is 31.0. The van der Waals surface area contributed by atoms with E-state index < -0.39 is 0 Å². The van der Waals surface area contributed by atoms with Gasteiger partial charge in [0, 0.05) is 57.6 Å². The number of anilines is 1. The van der Waals surface area contributed by atoms with Crippen LogP contribution in [0.2, 0.25) is 0 Å². The predicted octanol–water partition coefficient (Wildman–Crippen LogP) is 1.30. The largest absolute Gasteiger partial charge is 0.369 e. The van der Waals surface area contributed by atoms with Crippen LogP contribution in [0.1, 0.15) is 19.3 Å². The maximum absolute atomic E-state index is 12.6. The number of benzene rings is 1. The number of carbonyl (C=O) groups is 2. The number of para-hydroxylation sites is 1. The van der Waals surface area contributed by atoms with Gasteiger partial charge in [0.1, 0.15) is 6.10 Å². The normalized spacial score (nSPS) is 25.7. The number of hydrogen-bond donors (Lipinski definition) is 1.